The van der Waals surface area contributed by atoms with E-state index >= 15 is 0 Å². The number of aliphatic carboxylic acids is 1. The molecule has 31 heavy (non-hydrogen) atoms. The molecule has 0 radical (unpaired) electrons. The molecule has 0 saturated carbocycles. The van der Waals surface area contributed by atoms with Crippen LogP contribution >= 0.6 is 0 Å². The molecule has 0 unspecified atom stereocenters. The first kappa shape index (κ1) is 24.6. The summed E-state index contributed by atoms with van der Waals surface area (Å²) in [6.07, 6.45) is -5.07. The standard InChI is InChI=1S/C18H23N3O3.C2HF3O2/c1-20(2)18(22)12-24-17-9-21(16-11-23-10-15(16)17)8-14-5-3-4-13(6-14)7-19;3-2(4,5)1(6)7/h3-6,15-17H,8-12H2,1-2H3;(H,6,7)/t15-,16+,17-;/m0./s1. The van der Waals surface area contributed by atoms with Crippen LogP contribution in [-0.4, -0.2) is 85.6 Å². The van der Waals surface area contributed by atoms with E-state index in [9.17, 15) is 18.0 Å². The Balaban J connectivity index is 0.000000423. The Morgan fingerprint density at radius 3 is 2.61 bits per heavy atom. The van der Waals surface area contributed by atoms with Gasteiger partial charge in [-0.15, -0.1) is 0 Å². The average Bonchev–Trinajstić information content (AvgIpc) is 3.30. The molecule has 3 atom stereocenters. The summed E-state index contributed by atoms with van der Waals surface area (Å²) < 4.78 is 43.3. The van der Waals surface area contributed by atoms with Crippen molar-refractivity contribution in [2.24, 2.45) is 5.92 Å². The highest BCUT2D eigenvalue weighted by Crippen LogP contribution is 2.33. The third-order valence-electron chi connectivity index (χ3n) is 5.06. The predicted octanol–water partition coefficient (Wildman–Crippen LogP) is 1.50. The molecule has 0 aliphatic carbocycles. The van der Waals surface area contributed by atoms with Crippen LogP contribution in [0.3, 0.4) is 0 Å². The number of likely N-dealkylation sites (tertiary alicyclic amines) is 1. The fourth-order valence-corrected chi connectivity index (χ4v) is 3.43. The smallest absolute Gasteiger partial charge is 0.475 e. The lowest BCUT2D eigenvalue weighted by atomic mass is 10.0. The molecule has 8 nitrogen and oxygen atoms in total. The number of ether oxygens (including phenoxy) is 2. The molecule has 2 aliphatic rings. The van der Waals surface area contributed by atoms with Gasteiger partial charge in [-0.3, -0.25) is 9.69 Å². The number of fused-ring (bicyclic) bond motifs is 1. The third-order valence-corrected chi connectivity index (χ3v) is 5.06. The minimum Gasteiger partial charge on any atom is -0.475 e. The summed E-state index contributed by atoms with van der Waals surface area (Å²) in [4.78, 5) is 24.5. The van der Waals surface area contributed by atoms with Crippen molar-refractivity contribution < 1.29 is 37.3 Å². The summed E-state index contributed by atoms with van der Waals surface area (Å²) in [7, 11) is 3.46. The topological polar surface area (TPSA) is 103 Å². The van der Waals surface area contributed by atoms with Gasteiger partial charge in [0.25, 0.3) is 0 Å². The van der Waals surface area contributed by atoms with E-state index in [4.69, 9.17) is 24.6 Å². The fraction of sp³-hybridized carbons (Fsp3) is 0.550. The van der Waals surface area contributed by atoms with E-state index in [0.717, 1.165) is 18.7 Å². The molecular weight excluding hydrogens is 419 g/mol. The van der Waals surface area contributed by atoms with Crippen molar-refractivity contribution in [3.63, 3.8) is 0 Å². The molecule has 2 saturated heterocycles. The number of carbonyl (C=O) groups is 2. The summed E-state index contributed by atoms with van der Waals surface area (Å²) >= 11 is 0. The number of hydrogen-bond donors (Lipinski definition) is 1. The van der Waals surface area contributed by atoms with Crippen molar-refractivity contribution >= 4 is 11.9 Å². The van der Waals surface area contributed by atoms with Crippen molar-refractivity contribution in [3.8, 4) is 6.07 Å². The molecule has 2 fully saturated rings. The second-order valence-electron chi connectivity index (χ2n) is 7.45. The molecule has 1 amide bonds. The maximum Gasteiger partial charge on any atom is 0.490 e. The van der Waals surface area contributed by atoms with E-state index in [0.29, 0.717) is 30.7 Å². The van der Waals surface area contributed by atoms with Crippen molar-refractivity contribution in [3.05, 3.63) is 35.4 Å². The van der Waals surface area contributed by atoms with Crippen LogP contribution in [0.5, 0.6) is 0 Å². The summed E-state index contributed by atoms with van der Waals surface area (Å²) in [6.45, 7) is 3.04. The molecule has 0 spiro atoms. The van der Waals surface area contributed by atoms with Gasteiger partial charge in [-0.25, -0.2) is 4.79 Å². The Labute approximate surface area is 177 Å². The van der Waals surface area contributed by atoms with Crippen LogP contribution in [0.15, 0.2) is 24.3 Å². The lowest BCUT2D eigenvalue weighted by Crippen LogP contribution is -2.32. The van der Waals surface area contributed by atoms with Gasteiger partial charge in [-0.1, -0.05) is 12.1 Å². The molecule has 1 aromatic rings. The molecule has 0 bridgehead atoms. The van der Waals surface area contributed by atoms with Crippen LogP contribution in [0.4, 0.5) is 13.2 Å². The molecule has 2 heterocycles. The lowest BCUT2D eigenvalue weighted by molar-refractivity contribution is -0.192. The maximum absolute atomic E-state index is 11.8. The van der Waals surface area contributed by atoms with Crippen molar-refractivity contribution in [2.75, 3.05) is 40.5 Å². The SMILES string of the molecule is CN(C)C(=O)CO[C@H]1CN(Cc2cccc(C#N)c2)[C@@H]2COC[C@H]12.O=C(O)C(F)(F)F. The van der Waals surface area contributed by atoms with Gasteiger partial charge >= 0.3 is 12.1 Å². The molecule has 1 N–H and O–H groups in total. The van der Waals surface area contributed by atoms with Crippen molar-refractivity contribution in [2.45, 2.75) is 24.9 Å². The molecule has 2 aliphatic heterocycles. The van der Waals surface area contributed by atoms with E-state index in [2.05, 4.69) is 11.0 Å². The second kappa shape index (κ2) is 10.6. The van der Waals surface area contributed by atoms with E-state index in [1.54, 1.807) is 19.0 Å². The zero-order valence-corrected chi connectivity index (χ0v) is 17.1. The van der Waals surface area contributed by atoms with Crippen molar-refractivity contribution in [1.82, 2.24) is 9.80 Å². The summed E-state index contributed by atoms with van der Waals surface area (Å²) in [5.74, 6) is -2.47. The van der Waals surface area contributed by atoms with Gasteiger partial charge in [0.1, 0.15) is 6.61 Å². The number of benzene rings is 1. The maximum atomic E-state index is 11.8. The highest BCUT2D eigenvalue weighted by atomic mass is 19.4. The van der Waals surface area contributed by atoms with Crippen LogP contribution in [-0.2, 0) is 25.6 Å². The second-order valence-corrected chi connectivity index (χ2v) is 7.45. The number of rotatable bonds is 5. The molecule has 0 aromatic heterocycles. The molecular formula is C20H24F3N3O5. The summed E-state index contributed by atoms with van der Waals surface area (Å²) in [5.41, 5.74) is 1.79. The summed E-state index contributed by atoms with van der Waals surface area (Å²) in [6, 6.07) is 10.2. The quantitative estimate of drug-likeness (QED) is 0.736. The summed E-state index contributed by atoms with van der Waals surface area (Å²) in [5, 5.41) is 16.2. The zero-order valence-electron chi connectivity index (χ0n) is 17.1. The lowest BCUT2D eigenvalue weighted by Gasteiger charge is -2.22. The first-order chi connectivity index (χ1) is 14.5. The van der Waals surface area contributed by atoms with Gasteiger partial charge in [0.2, 0.25) is 5.91 Å². The van der Waals surface area contributed by atoms with E-state index in [1.165, 1.54) is 0 Å². The van der Waals surface area contributed by atoms with Gasteiger partial charge in [-0.2, -0.15) is 18.4 Å². The predicted molar refractivity (Wildman–Crippen MR) is 102 cm³/mol. The number of halogens is 3. The Kier molecular flexibility index (Phi) is 8.38. The molecule has 170 valence electrons. The number of nitriles is 1. The Morgan fingerprint density at radius 2 is 2.03 bits per heavy atom. The monoisotopic (exact) mass is 443 g/mol. The van der Waals surface area contributed by atoms with E-state index in [1.807, 2.05) is 24.3 Å². The third kappa shape index (κ3) is 6.92. The van der Waals surface area contributed by atoms with Gasteiger partial charge in [-0.05, 0) is 17.7 Å². The minimum atomic E-state index is -5.08. The van der Waals surface area contributed by atoms with Crippen LogP contribution in [0, 0.1) is 17.2 Å². The number of carboxylic acids is 1. The van der Waals surface area contributed by atoms with Crippen molar-refractivity contribution in [1.29, 1.82) is 5.26 Å². The Bertz CT molecular complexity index is 825. The number of likely N-dealkylation sites (N-methyl/N-ethyl adjacent to an activating group) is 1. The van der Waals surface area contributed by atoms with Gasteiger partial charge < -0.3 is 19.5 Å². The van der Waals surface area contributed by atoms with Gasteiger partial charge in [0.15, 0.2) is 0 Å². The average molecular weight is 443 g/mol. The fourth-order valence-electron chi connectivity index (χ4n) is 3.43. The van der Waals surface area contributed by atoms with Gasteiger partial charge in [0.05, 0.1) is 31.0 Å². The number of nitrogens with zero attached hydrogens (tertiary/aromatic N) is 3. The molecule has 3 rings (SSSR count). The normalized spacial score (nSPS) is 22.8. The molecule has 11 heteroatoms. The number of amides is 1. The van der Waals surface area contributed by atoms with E-state index in [-0.39, 0.29) is 18.6 Å². The largest absolute Gasteiger partial charge is 0.490 e. The number of carboxylic acid groups (broad SMARTS) is 1. The minimum absolute atomic E-state index is 0.0144. The highest BCUT2D eigenvalue weighted by Gasteiger charge is 2.46. The van der Waals surface area contributed by atoms with Crippen LogP contribution in [0.25, 0.3) is 0 Å². The number of carbonyl (C=O) groups excluding carboxylic acids is 1. The van der Waals surface area contributed by atoms with Crippen LogP contribution in [0.1, 0.15) is 11.1 Å². The van der Waals surface area contributed by atoms with Gasteiger partial charge in [0, 0.05) is 39.1 Å². The van der Waals surface area contributed by atoms with Crippen LogP contribution in [0.2, 0.25) is 0 Å². The first-order valence-corrected chi connectivity index (χ1v) is 9.45. The van der Waals surface area contributed by atoms with E-state index < -0.39 is 12.1 Å². The Morgan fingerprint density at radius 1 is 1.35 bits per heavy atom. The zero-order chi connectivity index (χ0) is 23.2. The number of hydrogen-bond acceptors (Lipinski definition) is 6. The number of alkyl halides is 3. The van der Waals surface area contributed by atoms with Crippen LogP contribution < -0.4 is 0 Å². The first-order valence-electron chi connectivity index (χ1n) is 9.45. The molecule has 1 aromatic carbocycles. The highest BCUT2D eigenvalue weighted by molar-refractivity contribution is 5.76. The Hall–Kier alpha value is -2.68.